The van der Waals surface area contributed by atoms with Gasteiger partial charge in [-0.05, 0) is 40.0 Å². The zero-order valence-corrected chi connectivity index (χ0v) is 20.6. The zero-order chi connectivity index (χ0) is 25.7. The molecule has 2 unspecified atom stereocenters. The van der Waals surface area contributed by atoms with Crippen LogP contribution in [0.4, 0.5) is 15.0 Å². The Kier molecular flexibility index (Phi) is 10.2. The molecular formula is C24H39FN6O4. The molecule has 11 heteroatoms. The Morgan fingerprint density at radius 3 is 2.40 bits per heavy atom. The predicted molar refractivity (Wildman–Crippen MR) is 130 cm³/mol. The lowest BCUT2D eigenvalue weighted by Gasteiger charge is -2.43. The maximum absolute atomic E-state index is 15.5. The summed E-state index contributed by atoms with van der Waals surface area (Å²) in [6, 6.07) is 1.98. The number of nitrogens with one attached hydrogen (secondary N) is 1. The summed E-state index contributed by atoms with van der Waals surface area (Å²) in [4.78, 5) is 37.6. The number of amides is 3. The number of aromatic nitrogens is 2. The fraction of sp³-hybridized carbons (Fsp3) is 0.708. The van der Waals surface area contributed by atoms with Crippen LogP contribution in [0.1, 0.15) is 84.5 Å². The highest BCUT2D eigenvalue weighted by molar-refractivity contribution is 6.02. The average molecular weight is 495 g/mol. The van der Waals surface area contributed by atoms with Crippen molar-refractivity contribution >= 4 is 23.7 Å². The van der Waals surface area contributed by atoms with Crippen molar-refractivity contribution < 1.29 is 23.5 Å². The van der Waals surface area contributed by atoms with E-state index in [2.05, 4.69) is 24.3 Å². The summed E-state index contributed by atoms with van der Waals surface area (Å²) in [5, 5.41) is 16.2. The summed E-state index contributed by atoms with van der Waals surface area (Å²) in [7, 11) is 0. The third-order valence-corrected chi connectivity index (χ3v) is 5.44. The van der Waals surface area contributed by atoms with Gasteiger partial charge in [0.2, 0.25) is 5.91 Å². The number of nitrogens with two attached hydrogens (primary N) is 1. The van der Waals surface area contributed by atoms with E-state index >= 15 is 4.39 Å². The van der Waals surface area contributed by atoms with Gasteiger partial charge in [-0.3, -0.25) is 14.3 Å². The third kappa shape index (κ3) is 7.41. The molecule has 1 aromatic rings. The minimum absolute atomic E-state index is 0. The van der Waals surface area contributed by atoms with Gasteiger partial charge in [0.1, 0.15) is 22.9 Å². The molecule has 1 aromatic heterocycles. The van der Waals surface area contributed by atoms with E-state index in [9.17, 15) is 19.6 Å². The molecule has 2 aliphatic rings. The van der Waals surface area contributed by atoms with E-state index in [1.54, 1.807) is 20.8 Å². The summed E-state index contributed by atoms with van der Waals surface area (Å²) in [6.45, 7) is 9.23. The van der Waals surface area contributed by atoms with Crippen molar-refractivity contribution in [1.29, 1.82) is 5.26 Å². The molecule has 1 aliphatic heterocycles. The lowest BCUT2D eigenvalue weighted by Crippen LogP contribution is -2.56. The molecule has 3 rings (SSSR count). The van der Waals surface area contributed by atoms with Gasteiger partial charge in [-0.2, -0.15) is 10.4 Å². The molecule has 10 nitrogen and oxygen atoms in total. The van der Waals surface area contributed by atoms with E-state index in [0.717, 1.165) is 12.8 Å². The fourth-order valence-corrected chi connectivity index (χ4v) is 3.55. The van der Waals surface area contributed by atoms with Crippen LogP contribution >= 0.6 is 0 Å². The Balaban J connectivity index is 0.00000145. The van der Waals surface area contributed by atoms with E-state index in [0.29, 0.717) is 0 Å². The molecule has 0 aromatic carbocycles. The number of likely N-dealkylation sites (tertiary alicyclic amines) is 1. The molecular weight excluding hydrogens is 455 g/mol. The number of nitriles is 1. The van der Waals surface area contributed by atoms with Crippen LogP contribution in [0.2, 0.25) is 0 Å². The molecule has 0 radical (unpaired) electrons. The van der Waals surface area contributed by atoms with Gasteiger partial charge in [-0.25, -0.2) is 9.18 Å². The first-order chi connectivity index (χ1) is 15.9. The number of anilines is 1. The summed E-state index contributed by atoms with van der Waals surface area (Å²) in [5.41, 5.74) is 3.22. The molecule has 1 saturated heterocycles. The van der Waals surface area contributed by atoms with Crippen molar-refractivity contribution in [2.24, 2.45) is 11.7 Å². The summed E-state index contributed by atoms with van der Waals surface area (Å²) in [5.74, 6) is -1.29. The summed E-state index contributed by atoms with van der Waals surface area (Å²) in [6.07, 6.45) is 1.53. The number of hydrogen-bond donors (Lipinski definition) is 2. The SMILES string of the molecule is C.CC(C)(C)OC(=O)N1CCC(CC#N)(n2cc(C(N)=O)c(NC(=O)C3CC3)n2)C(F)C1.CCC. The molecule has 0 bridgehead atoms. The van der Waals surface area contributed by atoms with Gasteiger partial charge in [-0.1, -0.05) is 27.7 Å². The second kappa shape index (κ2) is 12.0. The monoisotopic (exact) mass is 494 g/mol. The van der Waals surface area contributed by atoms with Gasteiger partial charge >= 0.3 is 6.09 Å². The molecule has 2 fully saturated rings. The van der Waals surface area contributed by atoms with E-state index in [4.69, 9.17) is 10.5 Å². The molecule has 3 N–H and O–H groups in total. The highest BCUT2D eigenvalue weighted by Crippen LogP contribution is 2.37. The van der Waals surface area contributed by atoms with Crippen LogP contribution in [0.3, 0.4) is 0 Å². The summed E-state index contributed by atoms with van der Waals surface area (Å²) < 4.78 is 22.0. The number of hydrogen-bond acceptors (Lipinski definition) is 6. The highest BCUT2D eigenvalue weighted by Gasteiger charge is 2.48. The van der Waals surface area contributed by atoms with Crippen molar-refractivity contribution in [3.05, 3.63) is 11.8 Å². The Morgan fingerprint density at radius 2 is 1.94 bits per heavy atom. The smallest absolute Gasteiger partial charge is 0.410 e. The predicted octanol–water partition coefficient (Wildman–Crippen LogP) is 3.97. The number of ether oxygens (including phenoxy) is 1. The Labute approximate surface area is 207 Å². The van der Waals surface area contributed by atoms with Crippen LogP contribution in [0, 0.1) is 17.2 Å². The maximum Gasteiger partial charge on any atom is 0.410 e. The minimum Gasteiger partial charge on any atom is -0.444 e. The number of carbonyl (C=O) groups is 3. The highest BCUT2D eigenvalue weighted by atomic mass is 19.1. The Morgan fingerprint density at radius 1 is 1.34 bits per heavy atom. The normalized spacial score (nSPS) is 21.5. The summed E-state index contributed by atoms with van der Waals surface area (Å²) >= 11 is 0. The molecule has 0 spiro atoms. The second-order valence-corrected chi connectivity index (χ2v) is 9.75. The van der Waals surface area contributed by atoms with Gasteiger partial charge < -0.3 is 20.7 Å². The molecule has 196 valence electrons. The molecule has 1 aliphatic carbocycles. The first-order valence-electron chi connectivity index (χ1n) is 11.6. The second-order valence-electron chi connectivity index (χ2n) is 9.75. The zero-order valence-electron chi connectivity index (χ0n) is 20.6. The Bertz CT molecular complexity index is 947. The number of primary amides is 1. The molecule has 2 atom stereocenters. The van der Waals surface area contributed by atoms with E-state index in [1.807, 2.05) is 6.07 Å². The maximum atomic E-state index is 15.5. The first-order valence-corrected chi connectivity index (χ1v) is 11.6. The van der Waals surface area contributed by atoms with Crippen LogP contribution in [0.15, 0.2) is 6.20 Å². The fourth-order valence-electron chi connectivity index (χ4n) is 3.55. The third-order valence-electron chi connectivity index (χ3n) is 5.44. The van der Waals surface area contributed by atoms with Crippen LogP contribution in [0.25, 0.3) is 0 Å². The van der Waals surface area contributed by atoms with Crippen molar-refractivity contribution in [2.45, 2.75) is 91.5 Å². The number of alkyl halides is 1. The van der Waals surface area contributed by atoms with Crippen molar-refractivity contribution in [3.63, 3.8) is 0 Å². The molecule has 3 amide bonds. The van der Waals surface area contributed by atoms with Crippen molar-refractivity contribution in [2.75, 3.05) is 18.4 Å². The quantitative estimate of drug-likeness (QED) is 0.634. The van der Waals surface area contributed by atoms with Gasteiger partial charge in [0, 0.05) is 18.7 Å². The van der Waals surface area contributed by atoms with Crippen LogP contribution < -0.4 is 11.1 Å². The van der Waals surface area contributed by atoms with Gasteiger partial charge in [0.25, 0.3) is 5.91 Å². The van der Waals surface area contributed by atoms with Crippen LogP contribution in [-0.4, -0.2) is 57.5 Å². The van der Waals surface area contributed by atoms with Gasteiger partial charge in [0.05, 0.1) is 19.0 Å². The van der Waals surface area contributed by atoms with E-state index in [1.165, 1.54) is 22.2 Å². The van der Waals surface area contributed by atoms with Crippen molar-refractivity contribution in [1.82, 2.24) is 14.7 Å². The standard InChI is InChI=1S/C20H27FN6O4.C3H8.CH4/c1-19(2,3)31-18(30)26-9-7-20(6-8-22,14(21)11-26)27-10-13(15(23)28)16(25-27)24-17(29)12-4-5-12;1-3-2;/h10,12,14H,4-7,9,11H2,1-3H3,(H2,23,28)(H,24,25,29);3H2,1-2H3;1H4. The van der Waals surface area contributed by atoms with E-state index < -0.39 is 29.3 Å². The average Bonchev–Trinajstić information content (AvgIpc) is 3.49. The minimum atomic E-state index is -1.67. The molecule has 1 saturated carbocycles. The number of rotatable bonds is 5. The lowest BCUT2D eigenvalue weighted by atomic mass is 9.83. The van der Waals surface area contributed by atoms with Crippen LogP contribution in [0.5, 0.6) is 0 Å². The molecule has 35 heavy (non-hydrogen) atoms. The van der Waals surface area contributed by atoms with E-state index in [-0.39, 0.29) is 56.6 Å². The number of nitrogens with zero attached hydrogens (tertiary/aromatic N) is 4. The number of halogens is 1. The first kappa shape index (κ1) is 29.9. The molecule has 2 heterocycles. The van der Waals surface area contributed by atoms with Gasteiger partial charge in [-0.15, -0.1) is 0 Å². The number of carbonyl (C=O) groups excluding carboxylic acids is 3. The van der Waals surface area contributed by atoms with Crippen molar-refractivity contribution in [3.8, 4) is 6.07 Å². The Hall–Kier alpha value is -3.16. The topological polar surface area (TPSA) is 143 Å². The van der Waals surface area contributed by atoms with Crippen LogP contribution in [-0.2, 0) is 15.1 Å². The van der Waals surface area contributed by atoms with Gasteiger partial charge in [0.15, 0.2) is 5.82 Å². The largest absolute Gasteiger partial charge is 0.444 e. The lowest BCUT2D eigenvalue weighted by molar-refractivity contribution is -0.117. The number of piperidine rings is 1.